The van der Waals surface area contributed by atoms with Gasteiger partial charge in [0.1, 0.15) is 0 Å². The summed E-state index contributed by atoms with van der Waals surface area (Å²) in [4.78, 5) is 0. The Morgan fingerprint density at radius 1 is 0.944 bits per heavy atom. The number of ether oxygens (including phenoxy) is 2. The van der Waals surface area contributed by atoms with Crippen molar-refractivity contribution >= 4 is 0 Å². The maximum Gasteiger partial charge on any atom is 0.161 e. The van der Waals surface area contributed by atoms with Crippen molar-refractivity contribution in [3.63, 3.8) is 0 Å². The summed E-state index contributed by atoms with van der Waals surface area (Å²) < 4.78 is 11.5. The molecule has 2 nitrogen and oxygen atoms in total. The van der Waals surface area contributed by atoms with Crippen molar-refractivity contribution < 1.29 is 9.47 Å². The molecular formula is C16H25O2. The molecule has 1 radical (unpaired) electrons. The molecule has 2 heteroatoms. The first-order valence-corrected chi connectivity index (χ1v) is 6.87. The minimum atomic E-state index is 0.649. The molecule has 1 aromatic rings. The van der Waals surface area contributed by atoms with Gasteiger partial charge in [0.15, 0.2) is 11.5 Å². The van der Waals surface area contributed by atoms with Gasteiger partial charge in [-0.05, 0) is 18.6 Å². The molecule has 0 amide bonds. The highest BCUT2D eigenvalue weighted by Gasteiger charge is 2.05. The van der Waals surface area contributed by atoms with Crippen molar-refractivity contribution in [2.45, 2.75) is 46.5 Å². The van der Waals surface area contributed by atoms with Crippen LogP contribution in [-0.4, -0.2) is 13.2 Å². The molecule has 0 unspecified atom stereocenters. The van der Waals surface area contributed by atoms with E-state index in [0.717, 1.165) is 24.5 Å². The van der Waals surface area contributed by atoms with E-state index in [1.807, 2.05) is 24.3 Å². The Kier molecular flexibility index (Phi) is 7.31. The average molecular weight is 249 g/mol. The third kappa shape index (κ3) is 5.95. The van der Waals surface area contributed by atoms with Gasteiger partial charge in [-0.15, -0.1) is 0 Å². The molecule has 0 saturated carbocycles. The fourth-order valence-electron chi connectivity index (χ4n) is 1.62. The Bertz CT molecular complexity index is 321. The van der Waals surface area contributed by atoms with Crippen LogP contribution in [-0.2, 0) is 0 Å². The van der Waals surface area contributed by atoms with Gasteiger partial charge in [-0.1, -0.05) is 52.2 Å². The van der Waals surface area contributed by atoms with Gasteiger partial charge in [0, 0.05) is 5.92 Å². The molecule has 0 atom stereocenters. The first-order chi connectivity index (χ1) is 8.74. The first-order valence-electron chi connectivity index (χ1n) is 6.87. The topological polar surface area (TPSA) is 18.5 Å². The lowest BCUT2D eigenvalue weighted by Gasteiger charge is -2.13. The molecule has 0 aliphatic heterocycles. The number of unbranched alkanes of at least 4 members (excludes halogenated alkanes) is 3. The zero-order valence-electron chi connectivity index (χ0n) is 11.9. The predicted octanol–water partition coefficient (Wildman–Crippen LogP) is 4.64. The van der Waals surface area contributed by atoms with Crippen LogP contribution >= 0.6 is 0 Å². The number of hydrogen-bond acceptors (Lipinski definition) is 2. The van der Waals surface area contributed by atoms with Crippen molar-refractivity contribution in [3.8, 4) is 11.5 Å². The molecule has 0 aliphatic carbocycles. The molecule has 1 aromatic carbocycles. The zero-order chi connectivity index (χ0) is 13.2. The average Bonchev–Trinajstić information content (AvgIpc) is 2.37. The highest BCUT2D eigenvalue weighted by atomic mass is 16.5. The summed E-state index contributed by atoms with van der Waals surface area (Å²) in [7, 11) is 0. The van der Waals surface area contributed by atoms with Crippen molar-refractivity contribution in [1.29, 1.82) is 0 Å². The Morgan fingerprint density at radius 2 is 1.61 bits per heavy atom. The van der Waals surface area contributed by atoms with Crippen molar-refractivity contribution in [1.82, 2.24) is 0 Å². The van der Waals surface area contributed by atoms with Crippen LogP contribution in [0.1, 0.15) is 46.5 Å². The van der Waals surface area contributed by atoms with Crippen molar-refractivity contribution in [2.24, 2.45) is 0 Å². The van der Waals surface area contributed by atoms with Gasteiger partial charge in [-0.3, -0.25) is 0 Å². The van der Waals surface area contributed by atoms with E-state index in [0.29, 0.717) is 6.61 Å². The fraction of sp³-hybridized carbons (Fsp3) is 0.562. The maximum atomic E-state index is 5.78. The van der Waals surface area contributed by atoms with Crippen LogP contribution in [0.25, 0.3) is 0 Å². The van der Waals surface area contributed by atoms with E-state index in [1.54, 1.807) is 0 Å². The molecule has 1 rings (SSSR count). The summed E-state index contributed by atoms with van der Waals surface area (Å²) in [5, 5.41) is 0. The summed E-state index contributed by atoms with van der Waals surface area (Å²) in [5.41, 5.74) is 0. The van der Waals surface area contributed by atoms with Crippen molar-refractivity contribution in [2.75, 3.05) is 13.2 Å². The molecule has 0 saturated heterocycles. The van der Waals surface area contributed by atoms with Crippen molar-refractivity contribution in [3.05, 3.63) is 30.2 Å². The lowest BCUT2D eigenvalue weighted by molar-refractivity contribution is 0.268. The monoisotopic (exact) mass is 249 g/mol. The first kappa shape index (κ1) is 14.9. The van der Waals surface area contributed by atoms with E-state index in [-0.39, 0.29) is 0 Å². The largest absolute Gasteiger partial charge is 0.490 e. The highest BCUT2D eigenvalue weighted by Crippen LogP contribution is 2.27. The zero-order valence-corrected chi connectivity index (χ0v) is 11.9. The van der Waals surface area contributed by atoms with Gasteiger partial charge < -0.3 is 9.47 Å². The second kappa shape index (κ2) is 8.84. The van der Waals surface area contributed by atoms with Gasteiger partial charge in [0.05, 0.1) is 13.2 Å². The molecule has 0 spiro atoms. The van der Waals surface area contributed by atoms with E-state index in [2.05, 4.69) is 20.8 Å². The minimum Gasteiger partial charge on any atom is -0.490 e. The summed E-state index contributed by atoms with van der Waals surface area (Å²) in [5.74, 6) is 2.96. The van der Waals surface area contributed by atoms with E-state index >= 15 is 0 Å². The lowest BCUT2D eigenvalue weighted by Crippen LogP contribution is -2.05. The van der Waals surface area contributed by atoms with E-state index in [1.165, 1.54) is 25.2 Å². The summed E-state index contributed by atoms with van der Waals surface area (Å²) in [6.45, 7) is 7.77. The highest BCUT2D eigenvalue weighted by molar-refractivity contribution is 5.39. The summed E-state index contributed by atoms with van der Waals surface area (Å²) in [6, 6.07) is 7.89. The Morgan fingerprint density at radius 3 is 2.22 bits per heavy atom. The van der Waals surface area contributed by atoms with Gasteiger partial charge in [-0.2, -0.15) is 0 Å². The third-order valence-electron chi connectivity index (χ3n) is 2.62. The molecule has 0 aliphatic rings. The standard InChI is InChI=1S/C16H25O2/c1-4-5-6-9-12-17-15-10-7-8-11-16(15)18-13-14(2)3/h7-8,10-11H,4-6,9,12-13H2,1-3H3. The number of hydrogen-bond donors (Lipinski definition) is 0. The second-order valence-electron chi connectivity index (χ2n) is 4.85. The van der Waals surface area contributed by atoms with Crippen LogP contribution in [0.4, 0.5) is 0 Å². The van der Waals surface area contributed by atoms with E-state index < -0.39 is 0 Å². The number of rotatable bonds is 9. The van der Waals surface area contributed by atoms with E-state index in [9.17, 15) is 0 Å². The smallest absolute Gasteiger partial charge is 0.161 e. The molecular weight excluding hydrogens is 224 g/mol. The summed E-state index contributed by atoms with van der Waals surface area (Å²) >= 11 is 0. The van der Waals surface area contributed by atoms with Crippen LogP contribution in [0.15, 0.2) is 24.3 Å². The SMILES string of the molecule is CCCCCCOc1ccccc1OC[C](C)C. The summed E-state index contributed by atoms with van der Waals surface area (Å²) in [6.07, 6.45) is 4.89. The second-order valence-corrected chi connectivity index (χ2v) is 4.85. The van der Waals surface area contributed by atoms with Gasteiger partial charge in [0.25, 0.3) is 0 Å². The normalized spacial score (nSPS) is 10.7. The van der Waals surface area contributed by atoms with Crippen LogP contribution in [0, 0.1) is 5.92 Å². The van der Waals surface area contributed by atoms with Crippen LogP contribution in [0.2, 0.25) is 0 Å². The third-order valence-corrected chi connectivity index (χ3v) is 2.62. The quantitative estimate of drug-likeness (QED) is 0.594. The maximum absolute atomic E-state index is 5.78. The van der Waals surface area contributed by atoms with Gasteiger partial charge in [0.2, 0.25) is 0 Å². The molecule has 0 aromatic heterocycles. The number of benzene rings is 1. The predicted molar refractivity (Wildman–Crippen MR) is 76.2 cm³/mol. The van der Waals surface area contributed by atoms with Gasteiger partial charge in [-0.25, -0.2) is 0 Å². The minimum absolute atomic E-state index is 0.649. The van der Waals surface area contributed by atoms with E-state index in [4.69, 9.17) is 9.47 Å². The molecule has 101 valence electrons. The van der Waals surface area contributed by atoms with Gasteiger partial charge >= 0.3 is 0 Å². The molecule has 0 heterocycles. The molecule has 0 N–H and O–H groups in total. The number of para-hydroxylation sites is 2. The van der Waals surface area contributed by atoms with Crippen LogP contribution in [0.3, 0.4) is 0 Å². The molecule has 18 heavy (non-hydrogen) atoms. The Hall–Kier alpha value is -1.18. The molecule has 0 fully saturated rings. The lowest BCUT2D eigenvalue weighted by atomic mass is 10.2. The van der Waals surface area contributed by atoms with Crippen LogP contribution < -0.4 is 9.47 Å². The van der Waals surface area contributed by atoms with Crippen LogP contribution in [0.5, 0.6) is 11.5 Å². The fourth-order valence-corrected chi connectivity index (χ4v) is 1.62. The Balaban J connectivity index is 2.38. The Labute approximate surface area is 111 Å². The molecule has 0 bridgehead atoms.